The summed E-state index contributed by atoms with van der Waals surface area (Å²) in [6.07, 6.45) is 3.11. The van der Waals surface area contributed by atoms with Gasteiger partial charge in [-0.3, -0.25) is 4.79 Å². The molecule has 90 valence electrons. The minimum atomic E-state index is 0.0119. The fraction of sp³-hybridized carbons (Fsp3) is 0.500. The van der Waals surface area contributed by atoms with E-state index in [2.05, 4.69) is 23.3 Å². The number of piperidine rings is 1. The molecule has 3 nitrogen and oxygen atoms in total. The highest BCUT2D eigenvalue weighted by Gasteiger charge is 2.39. The molecule has 0 aliphatic carbocycles. The van der Waals surface area contributed by atoms with E-state index in [1.54, 1.807) is 0 Å². The van der Waals surface area contributed by atoms with E-state index in [9.17, 15) is 4.79 Å². The molecule has 1 aromatic carbocycles. The second kappa shape index (κ2) is 3.84. The standard InChI is InChI=1S/C14H18N2O/c1-16-8-6-14(7-9-16)10-11-4-2-3-5-12(11)13(17)15-14/h2-5H,6-10H2,1H3,(H,15,17). The topological polar surface area (TPSA) is 32.3 Å². The Morgan fingerprint density at radius 1 is 1.24 bits per heavy atom. The van der Waals surface area contributed by atoms with Crippen molar-refractivity contribution in [2.24, 2.45) is 0 Å². The summed E-state index contributed by atoms with van der Waals surface area (Å²) in [4.78, 5) is 14.4. The molecule has 0 aromatic heterocycles. The maximum Gasteiger partial charge on any atom is 0.252 e. The molecule has 0 unspecified atom stereocenters. The number of carbonyl (C=O) groups excluding carboxylic acids is 1. The third-order valence-electron chi connectivity index (χ3n) is 4.11. The van der Waals surface area contributed by atoms with E-state index in [0.29, 0.717) is 0 Å². The molecule has 1 amide bonds. The first-order chi connectivity index (χ1) is 8.19. The normalized spacial score (nSPS) is 23.2. The zero-order valence-corrected chi connectivity index (χ0v) is 10.2. The van der Waals surface area contributed by atoms with Crippen molar-refractivity contribution >= 4 is 5.91 Å². The fourth-order valence-electron chi connectivity index (χ4n) is 2.96. The minimum absolute atomic E-state index is 0.0119. The van der Waals surface area contributed by atoms with Gasteiger partial charge in [0, 0.05) is 24.2 Å². The van der Waals surface area contributed by atoms with Crippen LogP contribution in [-0.4, -0.2) is 36.5 Å². The quantitative estimate of drug-likeness (QED) is 0.731. The van der Waals surface area contributed by atoms with Gasteiger partial charge in [0.05, 0.1) is 0 Å². The van der Waals surface area contributed by atoms with Gasteiger partial charge in [0.1, 0.15) is 0 Å². The Balaban J connectivity index is 1.91. The van der Waals surface area contributed by atoms with Crippen LogP contribution in [0.3, 0.4) is 0 Å². The second-order valence-electron chi connectivity index (χ2n) is 5.37. The molecule has 0 radical (unpaired) electrons. The highest BCUT2D eigenvalue weighted by atomic mass is 16.1. The lowest BCUT2D eigenvalue weighted by Crippen LogP contribution is -2.58. The summed E-state index contributed by atoms with van der Waals surface area (Å²) in [7, 11) is 2.14. The monoisotopic (exact) mass is 230 g/mol. The lowest BCUT2D eigenvalue weighted by Gasteiger charge is -2.44. The minimum Gasteiger partial charge on any atom is -0.346 e. The summed E-state index contributed by atoms with van der Waals surface area (Å²) >= 11 is 0. The van der Waals surface area contributed by atoms with Gasteiger partial charge in [-0.25, -0.2) is 0 Å². The molecule has 0 bridgehead atoms. The molecule has 1 N–H and O–H groups in total. The molecule has 2 aliphatic heterocycles. The van der Waals surface area contributed by atoms with Crippen LogP contribution in [0.1, 0.15) is 28.8 Å². The third-order valence-corrected chi connectivity index (χ3v) is 4.11. The van der Waals surface area contributed by atoms with Crippen LogP contribution in [0.25, 0.3) is 0 Å². The molecular weight excluding hydrogens is 212 g/mol. The van der Waals surface area contributed by atoms with Crippen molar-refractivity contribution in [3.8, 4) is 0 Å². The molecule has 0 atom stereocenters. The Kier molecular flexibility index (Phi) is 2.44. The van der Waals surface area contributed by atoms with Gasteiger partial charge in [0.25, 0.3) is 5.91 Å². The number of nitrogens with zero attached hydrogens (tertiary/aromatic N) is 1. The summed E-state index contributed by atoms with van der Waals surface area (Å²) in [6, 6.07) is 7.98. The third kappa shape index (κ3) is 1.84. The molecule has 1 aromatic rings. The van der Waals surface area contributed by atoms with Gasteiger partial charge in [-0.15, -0.1) is 0 Å². The summed E-state index contributed by atoms with van der Waals surface area (Å²) in [5, 5.41) is 3.24. The van der Waals surface area contributed by atoms with Gasteiger partial charge in [-0.2, -0.15) is 0 Å². The Bertz CT molecular complexity index is 447. The molecule has 2 aliphatic rings. The first-order valence-corrected chi connectivity index (χ1v) is 6.28. The molecule has 1 saturated heterocycles. The highest BCUT2D eigenvalue weighted by molar-refractivity contribution is 5.97. The molecule has 3 heteroatoms. The zero-order valence-electron chi connectivity index (χ0n) is 10.2. The number of amides is 1. The number of hydrogen-bond donors (Lipinski definition) is 1. The Morgan fingerprint density at radius 2 is 1.94 bits per heavy atom. The van der Waals surface area contributed by atoms with Crippen molar-refractivity contribution in [2.75, 3.05) is 20.1 Å². The van der Waals surface area contributed by atoms with Crippen LogP contribution in [0, 0.1) is 0 Å². The van der Waals surface area contributed by atoms with E-state index < -0.39 is 0 Å². The number of nitrogens with one attached hydrogen (secondary N) is 1. The molecule has 1 fully saturated rings. The smallest absolute Gasteiger partial charge is 0.252 e. The van der Waals surface area contributed by atoms with E-state index in [0.717, 1.165) is 37.9 Å². The van der Waals surface area contributed by atoms with E-state index in [4.69, 9.17) is 0 Å². The fourth-order valence-corrected chi connectivity index (χ4v) is 2.96. The summed E-state index contributed by atoms with van der Waals surface area (Å²) in [6.45, 7) is 2.14. The van der Waals surface area contributed by atoms with Gasteiger partial charge < -0.3 is 10.2 Å². The van der Waals surface area contributed by atoms with Gasteiger partial charge in [-0.05, 0) is 37.9 Å². The van der Waals surface area contributed by atoms with Crippen LogP contribution in [0.2, 0.25) is 0 Å². The number of fused-ring (bicyclic) bond motifs is 1. The average molecular weight is 230 g/mol. The summed E-state index contributed by atoms with van der Waals surface area (Å²) in [5.74, 6) is 0.108. The molecule has 0 saturated carbocycles. The second-order valence-corrected chi connectivity index (χ2v) is 5.37. The maximum atomic E-state index is 12.1. The largest absolute Gasteiger partial charge is 0.346 e. The first-order valence-electron chi connectivity index (χ1n) is 6.28. The van der Waals surface area contributed by atoms with E-state index >= 15 is 0 Å². The van der Waals surface area contributed by atoms with Crippen LogP contribution >= 0.6 is 0 Å². The molecule has 17 heavy (non-hydrogen) atoms. The highest BCUT2D eigenvalue weighted by Crippen LogP contribution is 2.31. The Labute approximate surface area is 102 Å². The molecular formula is C14H18N2O. The van der Waals surface area contributed by atoms with Crippen LogP contribution in [0.15, 0.2) is 24.3 Å². The number of carbonyl (C=O) groups is 1. The molecule has 1 spiro atoms. The van der Waals surface area contributed by atoms with Crippen molar-refractivity contribution in [1.29, 1.82) is 0 Å². The average Bonchev–Trinajstić information content (AvgIpc) is 2.34. The molecule has 2 heterocycles. The Morgan fingerprint density at radius 3 is 2.71 bits per heavy atom. The maximum absolute atomic E-state index is 12.1. The van der Waals surface area contributed by atoms with Crippen LogP contribution in [0.5, 0.6) is 0 Å². The first kappa shape index (κ1) is 10.8. The van der Waals surface area contributed by atoms with E-state index in [1.165, 1.54) is 5.56 Å². The number of benzene rings is 1. The molecule has 3 rings (SSSR count). The van der Waals surface area contributed by atoms with Crippen molar-refractivity contribution in [1.82, 2.24) is 10.2 Å². The van der Waals surface area contributed by atoms with Gasteiger partial charge in [0.2, 0.25) is 0 Å². The van der Waals surface area contributed by atoms with E-state index in [1.807, 2.05) is 18.2 Å². The number of likely N-dealkylation sites (tertiary alicyclic amines) is 1. The van der Waals surface area contributed by atoms with E-state index in [-0.39, 0.29) is 11.4 Å². The summed E-state index contributed by atoms with van der Waals surface area (Å²) < 4.78 is 0. The van der Waals surface area contributed by atoms with Crippen LogP contribution in [0.4, 0.5) is 0 Å². The lowest BCUT2D eigenvalue weighted by atomic mass is 9.78. The van der Waals surface area contributed by atoms with Crippen LogP contribution in [-0.2, 0) is 6.42 Å². The summed E-state index contributed by atoms with van der Waals surface area (Å²) in [5.41, 5.74) is 2.08. The predicted molar refractivity (Wildman–Crippen MR) is 67.1 cm³/mol. The van der Waals surface area contributed by atoms with Gasteiger partial charge in [-0.1, -0.05) is 18.2 Å². The van der Waals surface area contributed by atoms with Gasteiger partial charge in [0.15, 0.2) is 0 Å². The van der Waals surface area contributed by atoms with Crippen molar-refractivity contribution in [3.05, 3.63) is 35.4 Å². The number of hydrogen-bond acceptors (Lipinski definition) is 2. The lowest BCUT2D eigenvalue weighted by molar-refractivity contribution is 0.0800. The zero-order chi connectivity index (χ0) is 11.9. The predicted octanol–water partition coefficient (Wildman–Crippen LogP) is 1.44. The van der Waals surface area contributed by atoms with Crippen molar-refractivity contribution < 1.29 is 4.79 Å². The SMILES string of the molecule is CN1CCC2(CC1)Cc1ccccc1C(=O)N2. The van der Waals surface area contributed by atoms with Gasteiger partial charge >= 0.3 is 0 Å². The van der Waals surface area contributed by atoms with Crippen LogP contribution < -0.4 is 5.32 Å². The van der Waals surface area contributed by atoms with Crippen molar-refractivity contribution in [2.45, 2.75) is 24.8 Å². The Hall–Kier alpha value is -1.35. The number of rotatable bonds is 0. The van der Waals surface area contributed by atoms with Crippen molar-refractivity contribution in [3.63, 3.8) is 0 Å².